The van der Waals surface area contributed by atoms with Crippen LogP contribution in [0.1, 0.15) is 24.4 Å². The summed E-state index contributed by atoms with van der Waals surface area (Å²) in [5, 5.41) is 10.0. The molecule has 90 valence electrons. The summed E-state index contributed by atoms with van der Waals surface area (Å²) in [5.74, 6) is 0.216. The SMILES string of the molecule is CCNC(c1ncn[nH]1)c1ccc(Cl)cc1F. The minimum Gasteiger partial charge on any atom is -0.304 e. The number of aromatic amines is 1. The van der Waals surface area contributed by atoms with Gasteiger partial charge in [0, 0.05) is 10.6 Å². The highest BCUT2D eigenvalue weighted by Crippen LogP contribution is 2.24. The molecule has 17 heavy (non-hydrogen) atoms. The molecule has 0 bridgehead atoms. The third-order valence-corrected chi connectivity index (χ3v) is 2.62. The Morgan fingerprint density at radius 2 is 2.35 bits per heavy atom. The molecule has 0 fully saturated rings. The molecule has 1 aromatic heterocycles. The van der Waals surface area contributed by atoms with Crippen molar-refractivity contribution < 1.29 is 4.39 Å². The first-order valence-electron chi connectivity index (χ1n) is 5.26. The first-order valence-corrected chi connectivity index (χ1v) is 5.63. The van der Waals surface area contributed by atoms with Crippen molar-refractivity contribution in [3.05, 3.63) is 46.8 Å². The second-order valence-electron chi connectivity index (χ2n) is 3.53. The van der Waals surface area contributed by atoms with Crippen LogP contribution in [0.5, 0.6) is 0 Å². The molecule has 2 N–H and O–H groups in total. The van der Waals surface area contributed by atoms with Crippen molar-refractivity contribution in [1.82, 2.24) is 20.5 Å². The molecule has 0 aliphatic carbocycles. The maximum Gasteiger partial charge on any atom is 0.146 e. The number of hydrogen-bond donors (Lipinski definition) is 2. The Morgan fingerprint density at radius 1 is 1.53 bits per heavy atom. The van der Waals surface area contributed by atoms with Crippen LogP contribution in [-0.4, -0.2) is 21.7 Å². The van der Waals surface area contributed by atoms with Crippen LogP contribution in [0.3, 0.4) is 0 Å². The quantitative estimate of drug-likeness (QED) is 0.880. The molecule has 0 aliphatic heterocycles. The molecule has 1 unspecified atom stereocenters. The Kier molecular flexibility index (Phi) is 3.71. The molecule has 0 saturated carbocycles. The lowest BCUT2D eigenvalue weighted by molar-refractivity contribution is 0.544. The monoisotopic (exact) mass is 254 g/mol. The molecule has 1 heterocycles. The van der Waals surface area contributed by atoms with Gasteiger partial charge in [0.25, 0.3) is 0 Å². The molecule has 1 atom stereocenters. The number of hydrogen-bond acceptors (Lipinski definition) is 3. The van der Waals surface area contributed by atoms with Crippen LogP contribution in [0.15, 0.2) is 24.5 Å². The predicted molar refractivity (Wildman–Crippen MR) is 63.3 cm³/mol. The second kappa shape index (κ2) is 5.25. The van der Waals surface area contributed by atoms with E-state index in [9.17, 15) is 4.39 Å². The van der Waals surface area contributed by atoms with Gasteiger partial charge in [0.15, 0.2) is 0 Å². The van der Waals surface area contributed by atoms with Gasteiger partial charge in [-0.2, -0.15) is 5.10 Å². The fourth-order valence-electron chi connectivity index (χ4n) is 1.65. The van der Waals surface area contributed by atoms with E-state index in [4.69, 9.17) is 11.6 Å². The van der Waals surface area contributed by atoms with Crippen LogP contribution in [0.2, 0.25) is 5.02 Å². The summed E-state index contributed by atoms with van der Waals surface area (Å²) in [4.78, 5) is 4.05. The maximum atomic E-state index is 13.8. The molecule has 2 rings (SSSR count). The van der Waals surface area contributed by atoms with Gasteiger partial charge in [-0.3, -0.25) is 5.10 Å². The number of rotatable bonds is 4. The summed E-state index contributed by atoms with van der Waals surface area (Å²) in [6, 6.07) is 4.24. The van der Waals surface area contributed by atoms with Crippen LogP contribution in [0.25, 0.3) is 0 Å². The van der Waals surface area contributed by atoms with Gasteiger partial charge >= 0.3 is 0 Å². The number of nitrogens with one attached hydrogen (secondary N) is 2. The molecule has 2 aromatic rings. The second-order valence-corrected chi connectivity index (χ2v) is 3.96. The van der Waals surface area contributed by atoms with Crippen LogP contribution in [0, 0.1) is 5.82 Å². The average molecular weight is 255 g/mol. The lowest BCUT2D eigenvalue weighted by Gasteiger charge is -2.16. The Labute approximate surface area is 103 Å². The van der Waals surface area contributed by atoms with Crippen LogP contribution in [0.4, 0.5) is 4.39 Å². The van der Waals surface area contributed by atoms with E-state index in [1.165, 1.54) is 12.4 Å². The number of H-pyrrole nitrogens is 1. The van der Waals surface area contributed by atoms with E-state index in [1.807, 2.05) is 6.92 Å². The fraction of sp³-hybridized carbons (Fsp3) is 0.273. The lowest BCUT2D eigenvalue weighted by atomic mass is 10.1. The van der Waals surface area contributed by atoms with Gasteiger partial charge in [0.05, 0.1) is 6.04 Å². The van der Waals surface area contributed by atoms with Crippen molar-refractivity contribution in [2.45, 2.75) is 13.0 Å². The molecular weight excluding hydrogens is 243 g/mol. The van der Waals surface area contributed by atoms with Crippen molar-refractivity contribution in [1.29, 1.82) is 0 Å². The zero-order valence-electron chi connectivity index (χ0n) is 9.24. The van der Waals surface area contributed by atoms with Crippen molar-refractivity contribution in [3.8, 4) is 0 Å². The minimum absolute atomic E-state index is 0.347. The van der Waals surface area contributed by atoms with Crippen molar-refractivity contribution >= 4 is 11.6 Å². The lowest BCUT2D eigenvalue weighted by Crippen LogP contribution is -2.24. The van der Waals surface area contributed by atoms with E-state index in [-0.39, 0.29) is 11.9 Å². The zero-order chi connectivity index (χ0) is 12.3. The molecule has 0 saturated heterocycles. The van der Waals surface area contributed by atoms with Gasteiger partial charge in [0.1, 0.15) is 18.0 Å². The van der Waals surface area contributed by atoms with E-state index >= 15 is 0 Å². The smallest absolute Gasteiger partial charge is 0.146 e. The van der Waals surface area contributed by atoms with Gasteiger partial charge in [-0.25, -0.2) is 9.37 Å². The van der Waals surface area contributed by atoms with E-state index in [0.29, 0.717) is 23.0 Å². The summed E-state index contributed by atoms with van der Waals surface area (Å²) in [6.45, 7) is 2.63. The van der Waals surface area contributed by atoms with Gasteiger partial charge in [0.2, 0.25) is 0 Å². The molecule has 4 nitrogen and oxygen atoms in total. The van der Waals surface area contributed by atoms with E-state index in [1.54, 1.807) is 12.1 Å². The average Bonchev–Trinajstić information content (AvgIpc) is 2.80. The summed E-state index contributed by atoms with van der Waals surface area (Å²) in [7, 11) is 0. The molecule has 0 amide bonds. The molecular formula is C11H12ClFN4. The highest BCUT2D eigenvalue weighted by molar-refractivity contribution is 6.30. The zero-order valence-corrected chi connectivity index (χ0v) is 10.0. The highest BCUT2D eigenvalue weighted by atomic mass is 35.5. The summed E-state index contributed by atoms with van der Waals surface area (Å²) in [5.41, 5.74) is 0.494. The molecule has 0 aliphatic rings. The standard InChI is InChI=1S/C11H12ClFN4/c1-2-14-10(11-15-6-16-17-11)8-4-3-7(12)5-9(8)13/h3-6,10,14H,2H2,1H3,(H,15,16,17). The van der Waals surface area contributed by atoms with E-state index < -0.39 is 0 Å². The topological polar surface area (TPSA) is 53.6 Å². The summed E-state index contributed by atoms with van der Waals surface area (Å²) >= 11 is 5.73. The Bertz CT molecular complexity index is 486. The number of halogens is 2. The van der Waals surface area contributed by atoms with Gasteiger partial charge in [-0.05, 0) is 18.7 Å². The molecule has 6 heteroatoms. The fourth-order valence-corrected chi connectivity index (χ4v) is 1.81. The third-order valence-electron chi connectivity index (χ3n) is 2.39. The predicted octanol–water partition coefficient (Wildman–Crippen LogP) is 2.30. The van der Waals surface area contributed by atoms with E-state index in [0.717, 1.165) is 0 Å². The molecule has 1 aromatic carbocycles. The number of benzene rings is 1. The van der Waals surface area contributed by atoms with Crippen molar-refractivity contribution in [3.63, 3.8) is 0 Å². The normalized spacial score (nSPS) is 12.6. The van der Waals surface area contributed by atoms with Crippen LogP contribution >= 0.6 is 11.6 Å². The highest BCUT2D eigenvalue weighted by Gasteiger charge is 2.19. The number of nitrogens with zero attached hydrogens (tertiary/aromatic N) is 2. The summed E-state index contributed by atoms with van der Waals surface area (Å²) < 4.78 is 13.8. The van der Waals surface area contributed by atoms with Gasteiger partial charge in [-0.1, -0.05) is 24.6 Å². The van der Waals surface area contributed by atoms with Gasteiger partial charge < -0.3 is 5.32 Å². The maximum absolute atomic E-state index is 13.8. The summed E-state index contributed by atoms with van der Waals surface area (Å²) in [6.07, 6.45) is 1.40. The molecule has 0 radical (unpaired) electrons. The van der Waals surface area contributed by atoms with Crippen LogP contribution < -0.4 is 5.32 Å². The minimum atomic E-state index is -0.361. The third kappa shape index (κ3) is 2.62. The first kappa shape index (κ1) is 12.0. The Hall–Kier alpha value is -1.46. The van der Waals surface area contributed by atoms with Crippen molar-refractivity contribution in [2.75, 3.05) is 6.54 Å². The van der Waals surface area contributed by atoms with Crippen LogP contribution in [-0.2, 0) is 0 Å². The Balaban J connectivity index is 2.39. The molecule has 0 spiro atoms. The van der Waals surface area contributed by atoms with E-state index in [2.05, 4.69) is 20.5 Å². The largest absolute Gasteiger partial charge is 0.304 e. The first-order chi connectivity index (χ1) is 8.22. The van der Waals surface area contributed by atoms with Gasteiger partial charge in [-0.15, -0.1) is 0 Å². The van der Waals surface area contributed by atoms with Crippen molar-refractivity contribution in [2.24, 2.45) is 0 Å². The number of aromatic nitrogens is 3. The Morgan fingerprint density at radius 3 is 2.94 bits per heavy atom.